The van der Waals surface area contributed by atoms with E-state index in [0.29, 0.717) is 30.6 Å². The molecule has 214 valence electrons. The van der Waals surface area contributed by atoms with Crippen LogP contribution in [0.15, 0.2) is 55.0 Å². The van der Waals surface area contributed by atoms with E-state index in [-0.39, 0.29) is 29.3 Å². The fourth-order valence-corrected chi connectivity index (χ4v) is 6.19. The fourth-order valence-electron chi connectivity index (χ4n) is 4.67. The summed E-state index contributed by atoms with van der Waals surface area (Å²) in [7, 11) is -1.16. The van der Waals surface area contributed by atoms with Crippen molar-refractivity contribution in [2.75, 3.05) is 31.0 Å². The number of anilines is 4. The van der Waals surface area contributed by atoms with Crippen molar-refractivity contribution in [3.63, 3.8) is 0 Å². The molecule has 2 aromatic heterocycles. The van der Waals surface area contributed by atoms with Crippen LogP contribution in [-0.2, 0) is 28.0 Å². The lowest BCUT2D eigenvalue weighted by atomic mass is 9.97. The third-order valence-electron chi connectivity index (χ3n) is 6.51. The van der Waals surface area contributed by atoms with E-state index in [1.165, 1.54) is 4.90 Å². The fraction of sp³-hybridized carbons (Fsp3) is 0.259. The summed E-state index contributed by atoms with van der Waals surface area (Å²) in [5.74, 6) is -0.912. The highest BCUT2D eigenvalue weighted by atomic mass is 31.2. The molecule has 1 unspecified atom stereocenters. The number of hydrogen-bond acceptors (Lipinski definition) is 8. The molecule has 14 heteroatoms. The molecule has 1 aliphatic rings. The smallest absolute Gasteiger partial charge is 0.339 e. The van der Waals surface area contributed by atoms with Crippen LogP contribution in [-0.4, -0.2) is 51.3 Å². The highest BCUT2D eigenvalue weighted by Crippen LogP contribution is 2.46. The zero-order chi connectivity index (χ0) is 29.4. The average Bonchev–Trinajstić information content (AvgIpc) is 3.53. The molecule has 3 N–H and O–H groups in total. The minimum atomic E-state index is -4.75. The maximum atomic E-state index is 13.9. The second kappa shape index (κ2) is 11.0. The molecule has 0 fully saturated rings. The summed E-state index contributed by atoms with van der Waals surface area (Å²) >= 11 is 0. The summed E-state index contributed by atoms with van der Waals surface area (Å²) in [6, 6.07) is 10.1. The number of halogens is 3. The van der Waals surface area contributed by atoms with Gasteiger partial charge in [0, 0.05) is 50.1 Å². The van der Waals surface area contributed by atoms with Crippen LogP contribution in [0.25, 0.3) is 11.1 Å². The van der Waals surface area contributed by atoms with Crippen LogP contribution in [0.1, 0.15) is 34.0 Å². The minimum absolute atomic E-state index is 0.0844. The van der Waals surface area contributed by atoms with Gasteiger partial charge in [0.25, 0.3) is 5.91 Å². The first-order valence-corrected chi connectivity index (χ1v) is 14.9. The number of amides is 1. The lowest BCUT2D eigenvalue weighted by Crippen LogP contribution is -2.18. The lowest BCUT2D eigenvalue weighted by Gasteiger charge is -2.17. The third-order valence-corrected chi connectivity index (χ3v) is 8.25. The minimum Gasteiger partial charge on any atom is -0.339 e. The van der Waals surface area contributed by atoms with Gasteiger partial charge >= 0.3 is 6.18 Å². The number of fused-ring (bicyclic) bond motifs is 1. The number of benzene rings is 2. The van der Waals surface area contributed by atoms with E-state index in [0.717, 1.165) is 16.7 Å². The van der Waals surface area contributed by atoms with Crippen molar-refractivity contribution in [1.29, 1.82) is 0 Å². The van der Waals surface area contributed by atoms with Gasteiger partial charge in [0.15, 0.2) is 0 Å². The van der Waals surface area contributed by atoms with Crippen LogP contribution >= 0.6 is 7.37 Å². The second-order valence-electron chi connectivity index (χ2n) is 9.65. The second-order valence-corrected chi connectivity index (χ2v) is 12.3. The van der Waals surface area contributed by atoms with Gasteiger partial charge in [-0.15, -0.1) is 0 Å². The molecule has 5 rings (SSSR count). The van der Waals surface area contributed by atoms with Crippen molar-refractivity contribution in [3.05, 3.63) is 77.2 Å². The number of alkyl halides is 3. The van der Waals surface area contributed by atoms with Crippen LogP contribution < -0.4 is 10.6 Å². The normalized spacial score (nSPS) is 14.6. The molecule has 4 aromatic rings. The Hall–Kier alpha value is -4.22. The number of nitrogens with one attached hydrogen (secondary N) is 3. The maximum absolute atomic E-state index is 13.9. The number of nitrogens with zero attached hydrogens (tertiary/aromatic N) is 4. The molecule has 0 radical (unpaired) electrons. The summed E-state index contributed by atoms with van der Waals surface area (Å²) in [6.07, 6.45) is -0.513. The van der Waals surface area contributed by atoms with Crippen LogP contribution in [0.2, 0.25) is 0 Å². The standard InChI is InChI=1S/C27H27F3N7O3P/c1-4-40-41(3,39)15-16-5-7-18(8-6-16)34-26-31-13-21(27(28,29)30)24(36-26)35-22-10-9-19(17-11-32-33-12-17)20-14-37(2)25(38)23(20)22/h5-13H,4,14-15H2,1-3H3,(H,32,33)(H2,31,34,35,36). The molecule has 41 heavy (non-hydrogen) atoms. The highest BCUT2D eigenvalue weighted by Gasteiger charge is 2.37. The SMILES string of the molecule is CCOP(C)(=O)Cc1ccc(Nc2ncc(C(F)(F)F)c(Nc3ccc(-c4cn[nH]c4)c4c3C(=O)N(C)C4)n2)cc1. The zero-order valence-corrected chi connectivity index (χ0v) is 23.3. The molecule has 10 nitrogen and oxygen atoms in total. The number of carbonyl (C=O) groups is 1. The summed E-state index contributed by atoms with van der Waals surface area (Å²) in [5, 5.41) is 12.3. The number of aromatic nitrogens is 4. The molecule has 0 saturated heterocycles. The van der Waals surface area contributed by atoms with Crippen LogP contribution in [0.4, 0.5) is 36.3 Å². The lowest BCUT2D eigenvalue weighted by molar-refractivity contribution is -0.137. The average molecular weight is 586 g/mol. The van der Waals surface area contributed by atoms with Gasteiger partial charge in [-0.3, -0.25) is 14.5 Å². The number of H-pyrrole nitrogens is 1. The van der Waals surface area contributed by atoms with E-state index in [9.17, 15) is 22.5 Å². The molecule has 0 spiro atoms. The van der Waals surface area contributed by atoms with E-state index in [1.807, 2.05) is 0 Å². The Balaban J connectivity index is 1.45. The number of carbonyl (C=O) groups excluding carboxylic acids is 1. The Bertz CT molecular complexity index is 1630. The van der Waals surface area contributed by atoms with Crippen molar-refractivity contribution < 1.29 is 27.1 Å². The molecule has 1 aliphatic heterocycles. The molecule has 2 aromatic carbocycles. The molecular formula is C27H27F3N7O3P. The molecule has 0 saturated carbocycles. The Kier molecular flexibility index (Phi) is 7.58. The van der Waals surface area contributed by atoms with Gasteiger partial charge in [-0.1, -0.05) is 18.2 Å². The Morgan fingerprint density at radius 1 is 1.12 bits per heavy atom. The van der Waals surface area contributed by atoms with Crippen molar-refractivity contribution >= 4 is 36.4 Å². The van der Waals surface area contributed by atoms with Crippen molar-refractivity contribution in [3.8, 4) is 11.1 Å². The Morgan fingerprint density at radius 2 is 1.88 bits per heavy atom. The summed E-state index contributed by atoms with van der Waals surface area (Å²) < 4.78 is 59.6. The molecule has 0 bridgehead atoms. The quantitative estimate of drug-likeness (QED) is 0.193. The summed E-state index contributed by atoms with van der Waals surface area (Å²) in [5.41, 5.74) is 2.86. The zero-order valence-electron chi connectivity index (χ0n) is 22.4. The van der Waals surface area contributed by atoms with Gasteiger partial charge in [0.2, 0.25) is 13.3 Å². The van der Waals surface area contributed by atoms with Gasteiger partial charge in [0.1, 0.15) is 11.4 Å². The first kappa shape index (κ1) is 28.3. The van der Waals surface area contributed by atoms with Gasteiger partial charge in [-0.2, -0.15) is 23.3 Å². The van der Waals surface area contributed by atoms with Crippen LogP contribution in [0.3, 0.4) is 0 Å². The molecule has 1 atom stereocenters. The van der Waals surface area contributed by atoms with Crippen molar-refractivity contribution in [2.45, 2.75) is 25.8 Å². The van der Waals surface area contributed by atoms with Gasteiger partial charge in [-0.25, -0.2) is 4.98 Å². The Labute approximate surface area is 233 Å². The van der Waals surface area contributed by atoms with E-state index in [2.05, 4.69) is 30.8 Å². The first-order chi connectivity index (χ1) is 19.4. The van der Waals surface area contributed by atoms with E-state index < -0.39 is 24.9 Å². The predicted molar refractivity (Wildman–Crippen MR) is 149 cm³/mol. The first-order valence-electron chi connectivity index (χ1n) is 12.6. The predicted octanol–water partition coefficient (Wildman–Crippen LogP) is 6.40. The molecular weight excluding hydrogens is 558 g/mol. The molecule has 1 amide bonds. The van der Waals surface area contributed by atoms with E-state index in [1.54, 1.807) is 69.4 Å². The van der Waals surface area contributed by atoms with Gasteiger partial charge < -0.3 is 20.1 Å². The van der Waals surface area contributed by atoms with Gasteiger partial charge in [-0.05, 0) is 41.8 Å². The maximum Gasteiger partial charge on any atom is 0.421 e. The van der Waals surface area contributed by atoms with Crippen LogP contribution in [0.5, 0.6) is 0 Å². The number of aromatic amines is 1. The summed E-state index contributed by atoms with van der Waals surface area (Å²) in [6.45, 7) is 3.98. The topological polar surface area (TPSA) is 125 Å². The largest absolute Gasteiger partial charge is 0.421 e. The number of rotatable bonds is 9. The molecule has 0 aliphatic carbocycles. The number of hydrogen-bond donors (Lipinski definition) is 3. The third kappa shape index (κ3) is 6.10. The van der Waals surface area contributed by atoms with Crippen molar-refractivity contribution in [1.82, 2.24) is 25.1 Å². The summed E-state index contributed by atoms with van der Waals surface area (Å²) in [4.78, 5) is 22.5. The Morgan fingerprint density at radius 3 is 2.54 bits per heavy atom. The highest BCUT2D eigenvalue weighted by molar-refractivity contribution is 7.57. The monoisotopic (exact) mass is 585 g/mol. The van der Waals surface area contributed by atoms with E-state index >= 15 is 0 Å². The molecule has 3 heterocycles. The van der Waals surface area contributed by atoms with Crippen molar-refractivity contribution in [2.24, 2.45) is 0 Å². The van der Waals surface area contributed by atoms with Crippen LogP contribution in [0, 0.1) is 0 Å². The van der Waals surface area contributed by atoms with Gasteiger partial charge in [0.05, 0.1) is 24.1 Å². The van der Waals surface area contributed by atoms with E-state index in [4.69, 9.17) is 4.52 Å².